The van der Waals surface area contributed by atoms with Gasteiger partial charge in [0.05, 0.1) is 11.8 Å². The summed E-state index contributed by atoms with van der Waals surface area (Å²) in [7, 11) is 0. The highest BCUT2D eigenvalue weighted by molar-refractivity contribution is 5.90. The third kappa shape index (κ3) is 4.06. The maximum absolute atomic E-state index is 4.70. The minimum absolute atomic E-state index is 0.585. The molecule has 136 valence electrons. The van der Waals surface area contributed by atoms with E-state index in [0.717, 1.165) is 47.5 Å². The van der Waals surface area contributed by atoms with E-state index in [2.05, 4.69) is 56.8 Å². The zero-order chi connectivity index (χ0) is 18.5. The molecule has 0 unspecified atom stereocenters. The van der Waals surface area contributed by atoms with Crippen LogP contribution in [0.15, 0.2) is 61.1 Å². The fourth-order valence-corrected chi connectivity index (χ4v) is 2.96. The molecular weight excluding hydrogens is 336 g/mol. The average molecular weight is 358 g/mol. The highest BCUT2D eigenvalue weighted by atomic mass is 15.1. The number of nitrogens with zero attached hydrogens (tertiary/aromatic N) is 3. The highest BCUT2D eigenvalue weighted by Crippen LogP contribution is 2.23. The summed E-state index contributed by atoms with van der Waals surface area (Å²) >= 11 is 0. The Bertz CT molecular complexity index is 1010. The van der Waals surface area contributed by atoms with Crippen molar-refractivity contribution in [1.29, 1.82) is 0 Å². The van der Waals surface area contributed by atoms with Gasteiger partial charge in [0.25, 0.3) is 0 Å². The van der Waals surface area contributed by atoms with Crippen molar-refractivity contribution in [3.63, 3.8) is 0 Å². The number of para-hydroxylation sites is 1. The van der Waals surface area contributed by atoms with E-state index in [4.69, 9.17) is 4.98 Å². The summed E-state index contributed by atoms with van der Waals surface area (Å²) < 4.78 is 0. The number of aromatic amines is 1. The van der Waals surface area contributed by atoms with E-state index in [9.17, 15) is 0 Å². The first-order chi connectivity index (χ1) is 13.3. The van der Waals surface area contributed by atoms with Gasteiger partial charge in [0.1, 0.15) is 5.82 Å². The number of H-pyrrole nitrogens is 1. The van der Waals surface area contributed by atoms with E-state index in [1.165, 1.54) is 5.56 Å². The molecule has 0 aliphatic heterocycles. The van der Waals surface area contributed by atoms with Crippen LogP contribution in [0.2, 0.25) is 0 Å². The molecule has 0 aliphatic rings. The molecule has 0 fully saturated rings. The predicted molar refractivity (Wildman–Crippen MR) is 109 cm³/mol. The first-order valence-electron chi connectivity index (χ1n) is 9.15. The second-order valence-electron chi connectivity index (χ2n) is 6.34. The SMILES string of the molecule is CCc1ccc(Nc2nc(NCCc3cnc[nH]3)c3ccccc3n2)cc1. The van der Waals surface area contributed by atoms with Gasteiger partial charge in [-0.2, -0.15) is 4.98 Å². The van der Waals surface area contributed by atoms with Gasteiger partial charge in [0, 0.05) is 35.9 Å². The Balaban J connectivity index is 1.57. The number of fused-ring (bicyclic) bond motifs is 1. The number of rotatable bonds is 7. The Morgan fingerprint density at radius 1 is 1.00 bits per heavy atom. The lowest BCUT2D eigenvalue weighted by Crippen LogP contribution is -2.09. The van der Waals surface area contributed by atoms with Gasteiger partial charge in [0.15, 0.2) is 0 Å². The minimum Gasteiger partial charge on any atom is -0.369 e. The maximum atomic E-state index is 4.70. The van der Waals surface area contributed by atoms with E-state index in [1.807, 2.05) is 30.5 Å². The minimum atomic E-state index is 0.585. The predicted octanol–water partition coefficient (Wildman–Crippen LogP) is 4.31. The molecule has 0 spiro atoms. The second kappa shape index (κ2) is 7.86. The first kappa shape index (κ1) is 17.0. The highest BCUT2D eigenvalue weighted by Gasteiger charge is 2.08. The van der Waals surface area contributed by atoms with Crippen molar-refractivity contribution in [1.82, 2.24) is 19.9 Å². The number of imidazole rings is 1. The molecule has 6 heteroatoms. The Morgan fingerprint density at radius 2 is 1.85 bits per heavy atom. The summed E-state index contributed by atoms with van der Waals surface area (Å²) in [5, 5.41) is 7.75. The van der Waals surface area contributed by atoms with E-state index < -0.39 is 0 Å². The van der Waals surface area contributed by atoms with Gasteiger partial charge >= 0.3 is 0 Å². The van der Waals surface area contributed by atoms with Crippen LogP contribution in [0.4, 0.5) is 17.5 Å². The molecule has 4 aromatic rings. The molecule has 4 rings (SSSR count). The monoisotopic (exact) mass is 358 g/mol. The van der Waals surface area contributed by atoms with E-state index in [-0.39, 0.29) is 0 Å². The smallest absolute Gasteiger partial charge is 0.229 e. The lowest BCUT2D eigenvalue weighted by molar-refractivity contribution is 0.969. The fraction of sp³-hybridized carbons (Fsp3) is 0.190. The van der Waals surface area contributed by atoms with E-state index >= 15 is 0 Å². The normalized spacial score (nSPS) is 10.9. The van der Waals surface area contributed by atoms with Crippen LogP contribution in [0.5, 0.6) is 0 Å². The topological polar surface area (TPSA) is 78.5 Å². The Kier molecular flexibility index (Phi) is 4.96. The van der Waals surface area contributed by atoms with Crippen LogP contribution in [0, 0.1) is 0 Å². The fourth-order valence-electron chi connectivity index (χ4n) is 2.96. The van der Waals surface area contributed by atoms with Crippen molar-refractivity contribution < 1.29 is 0 Å². The molecule has 0 atom stereocenters. The Hall–Kier alpha value is -3.41. The van der Waals surface area contributed by atoms with Gasteiger partial charge in [-0.1, -0.05) is 31.2 Å². The quantitative estimate of drug-likeness (QED) is 0.459. The molecule has 3 N–H and O–H groups in total. The lowest BCUT2D eigenvalue weighted by Gasteiger charge is -2.12. The average Bonchev–Trinajstić information content (AvgIpc) is 3.22. The van der Waals surface area contributed by atoms with Gasteiger partial charge in [-0.05, 0) is 36.2 Å². The summed E-state index contributed by atoms with van der Waals surface area (Å²) in [5.41, 5.74) is 4.28. The molecule has 2 aromatic carbocycles. The van der Waals surface area contributed by atoms with Crippen molar-refractivity contribution in [2.45, 2.75) is 19.8 Å². The number of nitrogens with one attached hydrogen (secondary N) is 3. The van der Waals surface area contributed by atoms with Crippen molar-refractivity contribution in [2.24, 2.45) is 0 Å². The van der Waals surface area contributed by atoms with Crippen LogP contribution in [-0.2, 0) is 12.8 Å². The molecule has 2 heterocycles. The zero-order valence-electron chi connectivity index (χ0n) is 15.2. The summed E-state index contributed by atoms with van der Waals surface area (Å²) in [5.74, 6) is 1.41. The van der Waals surface area contributed by atoms with Crippen LogP contribution in [0.1, 0.15) is 18.2 Å². The van der Waals surface area contributed by atoms with Crippen molar-refractivity contribution in [3.8, 4) is 0 Å². The van der Waals surface area contributed by atoms with E-state index in [1.54, 1.807) is 6.33 Å². The molecule has 27 heavy (non-hydrogen) atoms. The third-order valence-corrected chi connectivity index (χ3v) is 4.46. The third-order valence-electron chi connectivity index (χ3n) is 4.46. The molecule has 0 radical (unpaired) electrons. The second-order valence-corrected chi connectivity index (χ2v) is 6.34. The van der Waals surface area contributed by atoms with Crippen molar-refractivity contribution in [3.05, 3.63) is 72.3 Å². The van der Waals surface area contributed by atoms with E-state index in [0.29, 0.717) is 5.95 Å². The summed E-state index contributed by atoms with van der Waals surface area (Å²) in [4.78, 5) is 16.5. The van der Waals surface area contributed by atoms with Crippen LogP contribution < -0.4 is 10.6 Å². The van der Waals surface area contributed by atoms with Crippen molar-refractivity contribution >= 4 is 28.4 Å². The van der Waals surface area contributed by atoms with Gasteiger partial charge in [-0.3, -0.25) is 0 Å². The molecule has 0 aliphatic carbocycles. The number of anilines is 3. The van der Waals surface area contributed by atoms with Gasteiger partial charge in [-0.25, -0.2) is 9.97 Å². The molecule has 0 saturated carbocycles. The van der Waals surface area contributed by atoms with Gasteiger partial charge in [-0.15, -0.1) is 0 Å². The van der Waals surface area contributed by atoms with Crippen LogP contribution in [0.25, 0.3) is 10.9 Å². The zero-order valence-corrected chi connectivity index (χ0v) is 15.2. The summed E-state index contributed by atoms with van der Waals surface area (Å²) in [6.45, 7) is 2.91. The molecule has 0 bridgehead atoms. The summed E-state index contributed by atoms with van der Waals surface area (Å²) in [6, 6.07) is 16.4. The Morgan fingerprint density at radius 3 is 2.63 bits per heavy atom. The Labute approximate surface area is 158 Å². The van der Waals surface area contributed by atoms with Gasteiger partial charge < -0.3 is 15.6 Å². The molecule has 2 aromatic heterocycles. The lowest BCUT2D eigenvalue weighted by atomic mass is 10.1. The molecule has 0 amide bonds. The number of aromatic nitrogens is 4. The molecular formula is C21H22N6. The number of aryl methyl sites for hydroxylation is 1. The summed E-state index contributed by atoms with van der Waals surface area (Å²) in [6.07, 6.45) is 5.41. The standard InChI is InChI=1S/C21H22N6/c1-2-15-7-9-16(10-8-15)25-21-26-19-6-4-3-5-18(19)20(27-21)23-12-11-17-13-22-14-24-17/h3-10,13-14H,2,11-12H2,1H3,(H,22,24)(H2,23,25,26,27). The van der Waals surface area contributed by atoms with Crippen LogP contribution in [0.3, 0.4) is 0 Å². The molecule has 0 saturated heterocycles. The number of hydrogen-bond acceptors (Lipinski definition) is 5. The van der Waals surface area contributed by atoms with Crippen molar-refractivity contribution in [2.75, 3.05) is 17.2 Å². The number of benzene rings is 2. The number of hydrogen-bond donors (Lipinski definition) is 3. The van der Waals surface area contributed by atoms with Crippen LogP contribution >= 0.6 is 0 Å². The largest absolute Gasteiger partial charge is 0.369 e. The van der Waals surface area contributed by atoms with Gasteiger partial charge in [0.2, 0.25) is 5.95 Å². The first-order valence-corrected chi connectivity index (χ1v) is 9.15. The van der Waals surface area contributed by atoms with Crippen LogP contribution in [-0.4, -0.2) is 26.5 Å². The molecule has 6 nitrogen and oxygen atoms in total. The maximum Gasteiger partial charge on any atom is 0.229 e.